The van der Waals surface area contributed by atoms with Gasteiger partial charge in [0.25, 0.3) is 5.69 Å². The second-order valence-electron chi connectivity index (χ2n) is 4.10. The summed E-state index contributed by atoms with van der Waals surface area (Å²) in [5.74, 6) is -0.628. The molecule has 0 N–H and O–H groups in total. The van der Waals surface area contributed by atoms with Crippen LogP contribution >= 0.6 is 0 Å². The van der Waals surface area contributed by atoms with Gasteiger partial charge in [-0.25, -0.2) is 4.39 Å². The largest absolute Gasteiger partial charge is 0.368 e. The van der Waals surface area contributed by atoms with E-state index in [0.717, 1.165) is 11.8 Å². The number of halogens is 1. The Morgan fingerprint density at radius 1 is 1.37 bits per heavy atom. The van der Waals surface area contributed by atoms with Gasteiger partial charge in [-0.2, -0.15) is 0 Å². The van der Waals surface area contributed by atoms with Gasteiger partial charge in [-0.15, -0.1) is 0 Å². The third kappa shape index (κ3) is 3.25. The normalized spacial score (nSPS) is 10.2. The zero-order chi connectivity index (χ0) is 13.8. The zero-order valence-corrected chi connectivity index (χ0v) is 10.3. The smallest absolute Gasteiger partial charge is 0.274 e. The molecule has 1 aromatic heterocycles. The van der Waals surface area contributed by atoms with Gasteiger partial charge in [0, 0.05) is 25.0 Å². The quantitative estimate of drug-likeness (QED) is 0.627. The van der Waals surface area contributed by atoms with E-state index in [1.165, 1.54) is 12.1 Å². The number of rotatable bonds is 4. The minimum absolute atomic E-state index is 0.261. The van der Waals surface area contributed by atoms with Crippen molar-refractivity contribution in [1.29, 1.82) is 0 Å². The van der Waals surface area contributed by atoms with Crippen molar-refractivity contribution in [2.75, 3.05) is 11.9 Å². The number of nitrogens with zero attached hydrogens (tertiary/aromatic N) is 3. The summed E-state index contributed by atoms with van der Waals surface area (Å²) in [6.45, 7) is 0.446. The van der Waals surface area contributed by atoms with Crippen molar-refractivity contribution in [1.82, 2.24) is 4.98 Å². The molecule has 2 aromatic rings. The lowest BCUT2D eigenvalue weighted by atomic mass is 10.2. The van der Waals surface area contributed by atoms with Crippen molar-refractivity contribution in [2.45, 2.75) is 6.54 Å². The summed E-state index contributed by atoms with van der Waals surface area (Å²) in [7, 11) is 1.73. The predicted octanol–water partition coefficient (Wildman–Crippen LogP) is 2.77. The number of benzene rings is 1. The molecule has 0 bridgehead atoms. The molecule has 5 nitrogen and oxygen atoms in total. The monoisotopic (exact) mass is 261 g/mol. The van der Waals surface area contributed by atoms with Crippen LogP contribution in [0.4, 0.5) is 15.8 Å². The van der Waals surface area contributed by atoms with E-state index in [4.69, 9.17) is 0 Å². The summed E-state index contributed by atoms with van der Waals surface area (Å²) in [5, 5.41) is 10.7. The van der Waals surface area contributed by atoms with Crippen LogP contribution in [0.25, 0.3) is 0 Å². The van der Waals surface area contributed by atoms with Crippen LogP contribution in [0.15, 0.2) is 42.6 Å². The number of hydrogen-bond acceptors (Lipinski definition) is 4. The number of nitro groups is 1. The van der Waals surface area contributed by atoms with Crippen LogP contribution in [0.1, 0.15) is 5.69 Å². The number of aromatic nitrogens is 1. The molecule has 0 fully saturated rings. The van der Waals surface area contributed by atoms with Gasteiger partial charge in [-0.1, -0.05) is 6.07 Å². The molecule has 19 heavy (non-hydrogen) atoms. The number of anilines is 1. The predicted molar refractivity (Wildman–Crippen MR) is 69.4 cm³/mol. The average molecular weight is 261 g/mol. The van der Waals surface area contributed by atoms with Crippen LogP contribution in [0.2, 0.25) is 0 Å². The van der Waals surface area contributed by atoms with Gasteiger partial charge in [0.05, 0.1) is 23.2 Å². The van der Waals surface area contributed by atoms with E-state index in [0.29, 0.717) is 12.2 Å². The van der Waals surface area contributed by atoms with Crippen LogP contribution in [0.3, 0.4) is 0 Å². The van der Waals surface area contributed by atoms with Gasteiger partial charge < -0.3 is 4.90 Å². The molecule has 0 atom stereocenters. The summed E-state index contributed by atoms with van der Waals surface area (Å²) in [4.78, 5) is 15.9. The Hall–Kier alpha value is -2.50. The van der Waals surface area contributed by atoms with Crippen molar-refractivity contribution >= 4 is 11.4 Å². The Morgan fingerprint density at radius 2 is 2.16 bits per heavy atom. The van der Waals surface area contributed by atoms with Crippen LogP contribution in [-0.2, 0) is 6.54 Å². The third-order valence-electron chi connectivity index (χ3n) is 2.64. The van der Waals surface area contributed by atoms with E-state index >= 15 is 0 Å². The molecule has 0 radical (unpaired) electrons. The van der Waals surface area contributed by atoms with E-state index in [1.807, 2.05) is 12.1 Å². The Labute approximate surface area is 109 Å². The molecule has 2 rings (SSSR count). The maximum Gasteiger partial charge on any atom is 0.274 e. The van der Waals surface area contributed by atoms with E-state index in [2.05, 4.69) is 4.98 Å². The highest BCUT2D eigenvalue weighted by Gasteiger charge is 2.12. The Kier molecular flexibility index (Phi) is 3.70. The summed E-state index contributed by atoms with van der Waals surface area (Å²) < 4.78 is 13.3. The van der Waals surface area contributed by atoms with Gasteiger partial charge in [0.15, 0.2) is 0 Å². The number of pyridine rings is 1. The van der Waals surface area contributed by atoms with Crippen LogP contribution in [0.5, 0.6) is 0 Å². The Morgan fingerprint density at radius 3 is 2.79 bits per heavy atom. The van der Waals surface area contributed by atoms with Crippen LogP contribution < -0.4 is 4.90 Å². The molecule has 6 heteroatoms. The molecule has 0 amide bonds. The highest BCUT2D eigenvalue weighted by atomic mass is 19.1. The maximum atomic E-state index is 13.3. The molecule has 0 aliphatic carbocycles. The SMILES string of the molecule is CN(Cc1ccccn1)c1cc(F)cc([N+](=O)[O-])c1. The molecule has 0 aliphatic rings. The molecule has 0 saturated carbocycles. The van der Waals surface area contributed by atoms with Gasteiger partial charge in [-0.05, 0) is 18.2 Å². The van der Waals surface area contributed by atoms with Crippen molar-refractivity contribution in [3.8, 4) is 0 Å². The first kappa shape index (κ1) is 12.9. The lowest BCUT2D eigenvalue weighted by Gasteiger charge is -2.18. The number of hydrogen-bond donors (Lipinski definition) is 0. The molecule has 1 aromatic carbocycles. The first-order chi connectivity index (χ1) is 9.06. The van der Waals surface area contributed by atoms with Gasteiger partial charge in [-0.3, -0.25) is 15.1 Å². The minimum atomic E-state index is -0.628. The van der Waals surface area contributed by atoms with Crippen LogP contribution in [-0.4, -0.2) is 17.0 Å². The fourth-order valence-electron chi connectivity index (χ4n) is 1.71. The topological polar surface area (TPSA) is 59.3 Å². The van der Waals surface area contributed by atoms with Crippen molar-refractivity contribution < 1.29 is 9.31 Å². The Bertz CT molecular complexity index is 590. The van der Waals surface area contributed by atoms with Crippen molar-refractivity contribution in [2.24, 2.45) is 0 Å². The summed E-state index contributed by atoms with van der Waals surface area (Å²) in [6, 6.07) is 8.99. The highest BCUT2D eigenvalue weighted by Crippen LogP contribution is 2.23. The fraction of sp³-hybridized carbons (Fsp3) is 0.154. The van der Waals surface area contributed by atoms with Gasteiger partial charge in [0.2, 0.25) is 0 Å². The molecular formula is C13H12FN3O2. The first-order valence-corrected chi connectivity index (χ1v) is 5.62. The van der Waals surface area contributed by atoms with E-state index in [9.17, 15) is 14.5 Å². The van der Waals surface area contributed by atoms with Gasteiger partial charge in [0.1, 0.15) is 5.82 Å². The fourth-order valence-corrected chi connectivity index (χ4v) is 1.71. The Balaban J connectivity index is 2.24. The van der Waals surface area contributed by atoms with Crippen LogP contribution in [0, 0.1) is 15.9 Å². The molecule has 1 heterocycles. The van der Waals surface area contributed by atoms with Gasteiger partial charge >= 0.3 is 0 Å². The van der Waals surface area contributed by atoms with Crippen molar-refractivity contribution in [3.63, 3.8) is 0 Å². The zero-order valence-electron chi connectivity index (χ0n) is 10.3. The summed E-state index contributed by atoms with van der Waals surface area (Å²) in [6.07, 6.45) is 1.66. The summed E-state index contributed by atoms with van der Waals surface area (Å²) >= 11 is 0. The number of nitro benzene ring substituents is 1. The lowest BCUT2D eigenvalue weighted by Crippen LogP contribution is -2.17. The van der Waals surface area contributed by atoms with E-state index in [1.54, 1.807) is 24.2 Å². The molecule has 0 aliphatic heterocycles. The second kappa shape index (κ2) is 5.43. The van der Waals surface area contributed by atoms with E-state index in [-0.39, 0.29) is 5.69 Å². The van der Waals surface area contributed by atoms with Crippen molar-refractivity contribution in [3.05, 3.63) is 64.2 Å². The average Bonchev–Trinajstić information content (AvgIpc) is 2.39. The molecule has 0 unspecified atom stereocenters. The molecule has 0 spiro atoms. The summed E-state index contributed by atoms with van der Waals surface area (Å²) in [5.41, 5.74) is 0.983. The minimum Gasteiger partial charge on any atom is -0.368 e. The molecular weight excluding hydrogens is 249 g/mol. The molecule has 98 valence electrons. The lowest BCUT2D eigenvalue weighted by molar-refractivity contribution is -0.385. The first-order valence-electron chi connectivity index (χ1n) is 5.62. The number of non-ortho nitro benzene ring substituents is 1. The van der Waals surface area contributed by atoms with E-state index < -0.39 is 10.7 Å². The standard InChI is InChI=1S/C13H12FN3O2/c1-16(9-11-4-2-3-5-15-11)12-6-10(14)7-13(8-12)17(18)19/h2-8H,9H2,1H3. The maximum absolute atomic E-state index is 13.3. The highest BCUT2D eigenvalue weighted by molar-refractivity contribution is 5.53. The third-order valence-corrected chi connectivity index (χ3v) is 2.64. The molecule has 0 saturated heterocycles. The second-order valence-corrected chi connectivity index (χ2v) is 4.10.